The molecular weight excluding hydrogens is 617 g/mol. The number of hydrogen-bond acceptors (Lipinski definition) is 4. The number of aryl methyl sites for hydroxylation is 4. The van der Waals surface area contributed by atoms with E-state index in [0.717, 1.165) is 92.8 Å². The van der Waals surface area contributed by atoms with E-state index in [0.29, 0.717) is 0 Å². The SMILES string of the molecule is Cc1ccc(C)c(C2C(=O)Oc3c2cc(C2(c4cc5c(c(C(C)(C)C)c4)OC(=O)C5c4cc(C)ccc4C)CCCCC2)cc3C(C)(C)C)c1. The van der Waals surface area contributed by atoms with Crippen molar-refractivity contribution in [2.75, 3.05) is 0 Å². The van der Waals surface area contributed by atoms with Crippen LogP contribution in [0.25, 0.3) is 0 Å². The summed E-state index contributed by atoms with van der Waals surface area (Å²) in [5.41, 5.74) is 12.2. The number of ether oxygens (including phenoxy) is 2. The molecule has 50 heavy (non-hydrogen) atoms. The van der Waals surface area contributed by atoms with Crippen molar-refractivity contribution < 1.29 is 19.1 Å². The van der Waals surface area contributed by atoms with Gasteiger partial charge in [0.05, 0.1) is 0 Å². The fraction of sp³-hybridized carbons (Fsp3) is 0.435. The van der Waals surface area contributed by atoms with Crippen molar-refractivity contribution >= 4 is 11.9 Å². The van der Waals surface area contributed by atoms with Crippen molar-refractivity contribution in [2.45, 2.75) is 129 Å². The van der Waals surface area contributed by atoms with Gasteiger partial charge in [0.2, 0.25) is 0 Å². The van der Waals surface area contributed by atoms with Gasteiger partial charge in [-0.2, -0.15) is 0 Å². The maximum Gasteiger partial charge on any atom is 0.323 e. The van der Waals surface area contributed by atoms with E-state index in [1.165, 1.54) is 17.5 Å². The van der Waals surface area contributed by atoms with Gasteiger partial charge in [-0.05, 0) is 96.9 Å². The van der Waals surface area contributed by atoms with Gasteiger partial charge in [-0.25, -0.2) is 0 Å². The minimum Gasteiger partial charge on any atom is -0.425 e. The predicted octanol–water partition coefficient (Wildman–Crippen LogP) is 10.9. The predicted molar refractivity (Wildman–Crippen MR) is 201 cm³/mol. The summed E-state index contributed by atoms with van der Waals surface area (Å²) in [5.74, 6) is 0.0954. The molecule has 2 atom stereocenters. The van der Waals surface area contributed by atoms with Gasteiger partial charge in [0, 0.05) is 27.7 Å². The molecule has 4 aromatic carbocycles. The number of carbonyl (C=O) groups is 2. The first kappa shape index (κ1) is 34.3. The first-order chi connectivity index (χ1) is 23.5. The topological polar surface area (TPSA) is 52.6 Å². The van der Waals surface area contributed by atoms with Gasteiger partial charge in [-0.3, -0.25) is 9.59 Å². The summed E-state index contributed by atoms with van der Waals surface area (Å²) in [5, 5.41) is 0. The Morgan fingerprint density at radius 1 is 0.540 bits per heavy atom. The molecule has 0 N–H and O–H groups in total. The fourth-order valence-electron chi connectivity index (χ4n) is 8.83. The lowest BCUT2D eigenvalue weighted by Gasteiger charge is -2.41. The third-order valence-electron chi connectivity index (χ3n) is 11.7. The summed E-state index contributed by atoms with van der Waals surface area (Å²) >= 11 is 0. The van der Waals surface area contributed by atoms with Crippen LogP contribution in [0.5, 0.6) is 11.5 Å². The van der Waals surface area contributed by atoms with Crippen LogP contribution >= 0.6 is 0 Å². The maximum absolute atomic E-state index is 13.9. The van der Waals surface area contributed by atoms with Crippen molar-refractivity contribution in [3.8, 4) is 11.5 Å². The molecule has 0 saturated heterocycles. The molecule has 2 heterocycles. The van der Waals surface area contributed by atoms with Crippen molar-refractivity contribution in [2.24, 2.45) is 0 Å². The van der Waals surface area contributed by atoms with Crippen LogP contribution in [0.4, 0.5) is 0 Å². The van der Waals surface area contributed by atoms with Gasteiger partial charge in [-0.1, -0.05) is 120 Å². The molecule has 4 aromatic rings. The van der Waals surface area contributed by atoms with E-state index < -0.39 is 11.8 Å². The number of carbonyl (C=O) groups excluding carboxylic acids is 2. The van der Waals surface area contributed by atoms with Crippen LogP contribution in [0.3, 0.4) is 0 Å². The number of hydrogen-bond donors (Lipinski definition) is 0. The third kappa shape index (κ3) is 5.60. The molecular formula is C46H52O4. The highest BCUT2D eigenvalue weighted by atomic mass is 16.5. The highest BCUT2D eigenvalue weighted by Crippen LogP contribution is 2.55. The van der Waals surface area contributed by atoms with E-state index in [-0.39, 0.29) is 28.2 Å². The van der Waals surface area contributed by atoms with Crippen molar-refractivity contribution in [3.05, 3.63) is 127 Å². The lowest BCUT2D eigenvalue weighted by Crippen LogP contribution is -2.32. The quantitative estimate of drug-likeness (QED) is 0.160. The van der Waals surface area contributed by atoms with E-state index in [1.807, 2.05) is 0 Å². The zero-order valence-electron chi connectivity index (χ0n) is 31.6. The third-order valence-corrected chi connectivity index (χ3v) is 11.7. The van der Waals surface area contributed by atoms with Gasteiger partial charge in [0.25, 0.3) is 0 Å². The van der Waals surface area contributed by atoms with E-state index >= 15 is 0 Å². The highest BCUT2D eigenvalue weighted by Gasteiger charge is 2.46. The van der Waals surface area contributed by atoms with Gasteiger partial charge >= 0.3 is 11.9 Å². The molecule has 260 valence electrons. The minimum atomic E-state index is -0.476. The Balaban J connectivity index is 1.51. The molecule has 7 rings (SSSR count). The Morgan fingerprint density at radius 2 is 0.940 bits per heavy atom. The zero-order chi connectivity index (χ0) is 35.9. The molecule has 0 bridgehead atoms. The summed E-state index contributed by atoms with van der Waals surface area (Å²) in [6.07, 6.45) is 5.38. The maximum atomic E-state index is 13.9. The molecule has 4 heteroatoms. The van der Waals surface area contributed by atoms with Gasteiger partial charge in [0.1, 0.15) is 23.3 Å². The Morgan fingerprint density at radius 3 is 1.32 bits per heavy atom. The second-order valence-electron chi connectivity index (χ2n) is 17.5. The summed E-state index contributed by atoms with van der Waals surface area (Å²) in [6.45, 7) is 21.6. The molecule has 0 aromatic heterocycles. The van der Waals surface area contributed by atoms with Crippen LogP contribution in [0.2, 0.25) is 0 Å². The molecule has 2 unspecified atom stereocenters. The Labute approximate surface area is 298 Å². The van der Waals surface area contributed by atoms with Crippen molar-refractivity contribution in [1.29, 1.82) is 0 Å². The highest BCUT2D eigenvalue weighted by molar-refractivity contribution is 5.92. The van der Waals surface area contributed by atoms with E-state index in [2.05, 4.69) is 130 Å². The molecule has 2 aliphatic heterocycles. The molecule has 0 spiro atoms. The number of rotatable bonds is 4. The fourth-order valence-corrected chi connectivity index (χ4v) is 8.83. The molecule has 0 amide bonds. The van der Waals surface area contributed by atoms with E-state index in [4.69, 9.17) is 9.47 Å². The minimum absolute atomic E-state index is 0.200. The van der Waals surface area contributed by atoms with Crippen LogP contribution in [-0.4, -0.2) is 11.9 Å². The second-order valence-corrected chi connectivity index (χ2v) is 17.5. The normalized spacial score (nSPS) is 20.0. The zero-order valence-corrected chi connectivity index (χ0v) is 31.6. The Bertz CT molecular complexity index is 1900. The second kappa shape index (κ2) is 12.0. The van der Waals surface area contributed by atoms with Crippen molar-refractivity contribution in [3.63, 3.8) is 0 Å². The first-order valence-corrected chi connectivity index (χ1v) is 18.4. The molecule has 1 fully saturated rings. The largest absolute Gasteiger partial charge is 0.425 e. The summed E-state index contributed by atoms with van der Waals surface area (Å²) in [6, 6.07) is 22.0. The molecule has 3 aliphatic rings. The molecule has 0 radical (unpaired) electrons. The monoisotopic (exact) mass is 668 g/mol. The molecule has 1 aliphatic carbocycles. The van der Waals surface area contributed by atoms with Gasteiger partial charge < -0.3 is 9.47 Å². The van der Waals surface area contributed by atoms with Crippen molar-refractivity contribution in [1.82, 2.24) is 0 Å². The van der Waals surface area contributed by atoms with E-state index in [1.54, 1.807) is 0 Å². The number of benzene rings is 4. The molecule has 1 saturated carbocycles. The number of esters is 2. The Kier molecular flexibility index (Phi) is 8.20. The van der Waals surface area contributed by atoms with Gasteiger partial charge in [-0.15, -0.1) is 0 Å². The van der Waals surface area contributed by atoms with Crippen LogP contribution in [0.1, 0.15) is 152 Å². The van der Waals surface area contributed by atoms with Crippen LogP contribution < -0.4 is 9.47 Å². The van der Waals surface area contributed by atoms with Crippen LogP contribution in [0, 0.1) is 27.7 Å². The summed E-state index contributed by atoms with van der Waals surface area (Å²) in [4.78, 5) is 27.8. The lowest BCUT2D eigenvalue weighted by atomic mass is 9.62. The molecule has 4 nitrogen and oxygen atoms in total. The van der Waals surface area contributed by atoms with Crippen LogP contribution in [0.15, 0.2) is 60.7 Å². The lowest BCUT2D eigenvalue weighted by molar-refractivity contribution is -0.134. The standard InChI is InChI=1S/C46H52O4/c1-26-14-16-28(3)32(20-26)38-34-22-30(24-36(44(5,6)7)40(34)49-42(38)47)46(18-12-11-13-19-46)31-23-35-39(33-21-27(2)15-17-29(33)4)43(48)50-41(35)37(25-31)45(8,9)10/h14-17,20-25,38-39H,11-13,18-19H2,1-10H3. The number of fused-ring (bicyclic) bond motifs is 2. The average Bonchev–Trinajstić information content (AvgIpc) is 3.56. The first-order valence-electron chi connectivity index (χ1n) is 18.4. The summed E-state index contributed by atoms with van der Waals surface area (Å²) < 4.78 is 12.5. The average molecular weight is 669 g/mol. The van der Waals surface area contributed by atoms with Crippen LogP contribution in [-0.2, 0) is 25.8 Å². The Hall–Kier alpha value is -4.18. The smallest absolute Gasteiger partial charge is 0.323 e. The van der Waals surface area contributed by atoms with Gasteiger partial charge in [0.15, 0.2) is 0 Å². The van der Waals surface area contributed by atoms with E-state index in [9.17, 15) is 9.59 Å². The summed E-state index contributed by atoms with van der Waals surface area (Å²) in [7, 11) is 0.